The van der Waals surface area contributed by atoms with Crippen LogP contribution in [0.5, 0.6) is 0 Å². The summed E-state index contributed by atoms with van der Waals surface area (Å²) in [5, 5.41) is 9.48. The average molecular weight is 243 g/mol. The summed E-state index contributed by atoms with van der Waals surface area (Å²) in [7, 11) is 1.70. The van der Waals surface area contributed by atoms with Gasteiger partial charge in [-0.25, -0.2) is 0 Å². The normalized spacial score (nSPS) is 27.6. The number of hydrogen-bond donors (Lipinski definition) is 1. The van der Waals surface area contributed by atoms with Crippen molar-refractivity contribution in [1.29, 1.82) is 0 Å². The molecule has 1 fully saturated rings. The zero-order valence-corrected chi connectivity index (χ0v) is 11.4. The van der Waals surface area contributed by atoms with E-state index in [9.17, 15) is 9.90 Å². The molecule has 1 saturated heterocycles. The average Bonchev–Trinajstić information content (AvgIpc) is 2.71. The standard InChI is InChI=1S/C13H25NO3/c1-5-11(8-17-4)14-7-6-13(9-14,10(2)3)12(15)16/h10-11H,5-9H2,1-4H3,(H,15,16). The van der Waals surface area contributed by atoms with Crippen LogP contribution in [0.1, 0.15) is 33.6 Å². The van der Waals surface area contributed by atoms with Gasteiger partial charge in [0, 0.05) is 19.7 Å². The minimum atomic E-state index is -0.651. The van der Waals surface area contributed by atoms with E-state index in [1.165, 1.54) is 0 Å². The first-order chi connectivity index (χ1) is 7.97. The number of methoxy groups -OCH3 is 1. The van der Waals surface area contributed by atoms with Gasteiger partial charge < -0.3 is 9.84 Å². The Morgan fingerprint density at radius 3 is 2.53 bits per heavy atom. The number of aliphatic carboxylic acids is 1. The summed E-state index contributed by atoms with van der Waals surface area (Å²) >= 11 is 0. The summed E-state index contributed by atoms with van der Waals surface area (Å²) in [5.74, 6) is -0.479. The zero-order chi connectivity index (χ0) is 13.1. The molecule has 17 heavy (non-hydrogen) atoms. The number of carboxylic acids is 1. The Kier molecular flexibility index (Phi) is 4.95. The molecule has 1 aliphatic rings. The van der Waals surface area contributed by atoms with E-state index in [-0.39, 0.29) is 5.92 Å². The second-order valence-electron chi connectivity index (χ2n) is 5.35. The molecule has 100 valence electrons. The summed E-state index contributed by atoms with van der Waals surface area (Å²) in [6.45, 7) is 8.35. The van der Waals surface area contributed by atoms with E-state index >= 15 is 0 Å². The van der Waals surface area contributed by atoms with Gasteiger partial charge in [0.1, 0.15) is 0 Å². The summed E-state index contributed by atoms with van der Waals surface area (Å²) < 4.78 is 5.21. The number of likely N-dealkylation sites (tertiary alicyclic amines) is 1. The molecular weight excluding hydrogens is 218 g/mol. The predicted octanol–water partition coefficient (Wildman–Crippen LogP) is 1.84. The van der Waals surface area contributed by atoms with Crippen molar-refractivity contribution in [3.63, 3.8) is 0 Å². The van der Waals surface area contributed by atoms with E-state index in [1.807, 2.05) is 13.8 Å². The molecule has 0 aliphatic carbocycles. The second kappa shape index (κ2) is 5.83. The number of carbonyl (C=O) groups is 1. The topological polar surface area (TPSA) is 49.8 Å². The molecule has 0 radical (unpaired) electrons. The molecule has 1 rings (SSSR count). The number of hydrogen-bond acceptors (Lipinski definition) is 3. The highest BCUT2D eigenvalue weighted by Gasteiger charge is 2.48. The molecule has 1 heterocycles. The van der Waals surface area contributed by atoms with Crippen molar-refractivity contribution in [2.45, 2.75) is 39.7 Å². The van der Waals surface area contributed by atoms with E-state index in [4.69, 9.17) is 4.74 Å². The SMILES string of the molecule is CCC(COC)N1CCC(C(=O)O)(C(C)C)C1. The number of rotatable bonds is 6. The van der Waals surface area contributed by atoms with Crippen LogP contribution in [0.25, 0.3) is 0 Å². The lowest BCUT2D eigenvalue weighted by molar-refractivity contribution is -0.151. The number of carboxylic acid groups (broad SMARTS) is 1. The highest BCUT2D eigenvalue weighted by Crippen LogP contribution is 2.39. The number of nitrogens with zero attached hydrogens (tertiary/aromatic N) is 1. The molecule has 2 atom stereocenters. The third kappa shape index (κ3) is 2.80. The monoisotopic (exact) mass is 243 g/mol. The van der Waals surface area contributed by atoms with Crippen LogP contribution in [-0.2, 0) is 9.53 Å². The van der Waals surface area contributed by atoms with Gasteiger partial charge in [-0.05, 0) is 25.3 Å². The molecule has 1 aliphatic heterocycles. The van der Waals surface area contributed by atoms with Gasteiger partial charge in [0.2, 0.25) is 0 Å². The molecule has 2 unspecified atom stereocenters. The van der Waals surface area contributed by atoms with Crippen LogP contribution >= 0.6 is 0 Å². The predicted molar refractivity (Wildman–Crippen MR) is 67.1 cm³/mol. The van der Waals surface area contributed by atoms with Crippen LogP contribution < -0.4 is 0 Å². The van der Waals surface area contributed by atoms with Crippen molar-refractivity contribution < 1.29 is 14.6 Å². The molecule has 0 aromatic heterocycles. The second-order valence-corrected chi connectivity index (χ2v) is 5.35. The first-order valence-corrected chi connectivity index (χ1v) is 6.44. The highest BCUT2D eigenvalue weighted by atomic mass is 16.5. The molecule has 0 bridgehead atoms. The maximum Gasteiger partial charge on any atom is 0.311 e. The molecule has 1 N–H and O–H groups in total. The van der Waals surface area contributed by atoms with E-state index in [2.05, 4.69) is 11.8 Å². The summed E-state index contributed by atoms with van der Waals surface area (Å²) in [4.78, 5) is 13.8. The van der Waals surface area contributed by atoms with Crippen molar-refractivity contribution >= 4 is 5.97 Å². The van der Waals surface area contributed by atoms with Gasteiger partial charge in [0.05, 0.1) is 12.0 Å². The Bertz CT molecular complexity index is 267. The Labute approximate surface area is 104 Å². The maximum absolute atomic E-state index is 11.5. The minimum Gasteiger partial charge on any atom is -0.481 e. The Hall–Kier alpha value is -0.610. The van der Waals surface area contributed by atoms with E-state index in [1.54, 1.807) is 7.11 Å². The minimum absolute atomic E-state index is 0.171. The maximum atomic E-state index is 11.5. The van der Waals surface area contributed by atoms with Crippen molar-refractivity contribution in [1.82, 2.24) is 4.90 Å². The van der Waals surface area contributed by atoms with Gasteiger partial charge in [-0.3, -0.25) is 9.69 Å². The molecule has 0 spiro atoms. The van der Waals surface area contributed by atoms with Gasteiger partial charge in [-0.2, -0.15) is 0 Å². The lowest BCUT2D eigenvalue weighted by atomic mass is 9.76. The summed E-state index contributed by atoms with van der Waals surface area (Å²) in [5.41, 5.74) is -0.568. The van der Waals surface area contributed by atoms with E-state index < -0.39 is 11.4 Å². The zero-order valence-electron chi connectivity index (χ0n) is 11.4. The van der Waals surface area contributed by atoms with Gasteiger partial charge >= 0.3 is 5.97 Å². The molecule has 0 aromatic carbocycles. The summed E-state index contributed by atoms with van der Waals surface area (Å²) in [6, 6.07) is 0.347. The van der Waals surface area contributed by atoms with Gasteiger partial charge in [0.25, 0.3) is 0 Å². The van der Waals surface area contributed by atoms with Crippen molar-refractivity contribution in [2.75, 3.05) is 26.8 Å². The fourth-order valence-electron chi connectivity index (χ4n) is 2.74. The highest BCUT2D eigenvalue weighted by molar-refractivity contribution is 5.75. The van der Waals surface area contributed by atoms with Gasteiger partial charge in [-0.15, -0.1) is 0 Å². The third-order valence-corrected chi connectivity index (χ3v) is 4.21. The van der Waals surface area contributed by atoms with Crippen molar-refractivity contribution in [2.24, 2.45) is 11.3 Å². The van der Waals surface area contributed by atoms with Crippen molar-refractivity contribution in [3.05, 3.63) is 0 Å². The van der Waals surface area contributed by atoms with Crippen LogP contribution in [0, 0.1) is 11.3 Å². The molecular formula is C13H25NO3. The van der Waals surface area contributed by atoms with Crippen LogP contribution in [-0.4, -0.2) is 48.8 Å². The first-order valence-electron chi connectivity index (χ1n) is 6.44. The lowest BCUT2D eigenvalue weighted by Crippen LogP contribution is -2.43. The largest absolute Gasteiger partial charge is 0.481 e. The van der Waals surface area contributed by atoms with Gasteiger partial charge in [0.15, 0.2) is 0 Å². The molecule has 4 nitrogen and oxygen atoms in total. The molecule has 0 amide bonds. The number of ether oxygens (including phenoxy) is 1. The molecule has 0 aromatic rings. The van der Waals surface area contributed by atoms with Crippen LogP contribution in [0.15, 0.2) is 0 Å². The van der Waals surface area contributed by atoms with E-state index in [0.29, 0.717) is 19.2 Å². The first kappa shape index (κ1) is 14.5. The third-order valence-electron chi connectivity index (χ3n) is 4.21. The van der Waals surface area contributed by atoms with Crippen LogP contribution in [0.2, 0.25) is 0 Å². The van der Waals surface area contributed by atoms with E-state index in [0.717, 1.165) is 19.4 Å². The van der Waals surface area contributed by atoms with Crippen molar-refractivity contribution in [3.8, 4) is 0 Å². The molecule has 4 heteroatoms. The quantitative estimate of drug-likeness (QED) is 0.773. The van der Waals surface area contributed by atoms with Gasteiger partial charge in [-0.1, -0.05) is 20.8 Å². The Morgan fingerprint density at radius 1 is 1.53 bits per heavy atom. The Morgan fingerprint density at radius 2 is 2.18 bits per heavy atom. The lowest BCUT2D eigenvalue weighted by Gasteiger charge is -2.31. The van der Waals surface area contributed by atoms with Crippen LogP contribution in [0.4, 0.5) is 0 Å². The van der Waals surface area contributed by atoms with Crippen LogP contribution in [0.3, 0.4) is 0 Å². The Balaban J connectivity index is 2.75. The fraction of sp³-hybridized carbons (Fsp3) is 0.923. The summed E-state index contributed by atoms with van der Waals surface area (Å²) in [6.07, 6.45) is 1.75. The smallest absolute Gasteiger partial charge is 0.311 e. The fourth-order valence-corrected chi connectivity index (χ4v) is 2.74. The molecule has 0 saturated carbocycles.